The number of pyridine rings is 1. The van der Waals surface area contributed by atoms with Gasteiger partial charge < -0.3 is 5.11 Å². The molecule has 0 aliphatic heterocycles. The minimum atomic E-state index is -0.885. The summed E-state index contributed by atoms with van der Waals surface area (Å²) >= 11 is 3.44. The number of aryl methyl sites for hydroxylation is 1. The first kappa shape index (κ1) is 13.8. The lowest BCUT2D eigenvalue weighted by atomic mass is 9.73. The van der Waals surface area contributed by atoms with Gasteiger partial charge in [0.25, 0.3) is 0 Å². The van der Waals surface area contributed by atoms with Crippen LogP contribution in [0.5, 0.6) is 0 Å². The normalized spacial score (nSPS) is 21.1. The van der Waals surface area contributed by atoms with Crippen LogP contribution in [0, 0.1) is 0 Å². The second-order valence-corrected chi connectivity index (χ2v) is 6.56. The lowest BCUT2D eigenvalue weighted by molar-refractivity contribution is 0.0189. The zero-order valence-corrected chi connectivity index (χ0v) is 13.1. The van der Waals surface area contributed by atoms with Gasteiger partial charge in [-0.15, -0.1) is 0 Å². The highest BCUT2D eigenvalue weighted by Crippen LogP contribution is 2.43. The molecule has 1 aromatic heterocycles. The largest absolute Gasteiger partial charge is 0.385 e. The van der Waals surface area contributed by atoms with E-state index in [9.17, 15) is 5.11 Å². The molecule has 1 aromatic carbocycles. The van der Waals surface area contributed by atoms with Gasteiger partial charge in [-0.2, -0.15) is 0 Å². The Labute approximate surface area is 128 Å². The molecule has 0 fully saturated rings. The van der Waals surface area contributed by atoms with E-state index in [1.54, 1.807) is 0 Å². The number of aromatic nitrogens is 1. The molecule has 0 bridgehead atoms. The SMILES string of the molecule is CC(O)(c1ccc(Br)cc1)C1CCCc2cccnc21. The molecule has 1 aliphatic rings. The smallest absolute Gasteiger partial charge is 0.0951 e. The Kier molecular flexibility index (Phi) is 3.65. The Morgan fingerprint density at radius 1 is 1.25 bits per heavy atom. The van der Waals surface area contributed by atoms with E-state index in [0.717, 1.165) is 35.0 Å². The summed E-state index contributed by atoms with van der Waals surface area (Å²) in [4.78, 5) is 4.54. The molecule has 1 aliphatic carbocycles. The Hall–Kier alpha value is -1.19. The third-order valence-electron chi connectivity index (χ3n) is 4.30. The van der Waals surface area contributed by atoms with E-state index >= 15 is 0 Å². The molecule has 0 saturated heterocycles. The van der Waals surface area contributed by atoms with Gasteiger partial charge in [-0.1, -0.05) is 34.1 Å². The van der Waals surface area contributed by atoms with E-state index in [1.165, 1.54) is 5.56 Å². The molecule has 2 nitrogen and oxygen atoms in total. The van der Waals surface area contributed by atoms with Gasteiger partial charge >= 0.3 is 0 Å². The fourth-order valence-electron chi connectivity index (χ4n) is 3.15. The molecule has 104 valence electrons. The van der Waals surface area contributed by atoms with Gasteiger partial charge in [0, 0.05) is 22.3 Å². The highest BCUT2D eigenvalue weighted by Gasteiger charge is 2.38. The minimum absolute atomic E-state index is 0.0635. The van der Waals surface area contributed by atoms with Gasteiger partial charge in [0.05, 0.1) is 5.60 Å². The highest BCUT2D eigenvalue weighted by atomic mass is 79.9. The summed E-state index contributed by atoms with van der Waals surface area (Å²) in [7, 11) is 0. The fraction of sp³-hybridized carbons (Fsp3) is 0.353. The van der Waals surface area contributed by atoms with Crippen molar-refractivity contribution in [3.8, 4) is 0 Å². The number of fused-ring (bicyclic) bond motifs is 1. The van der Waals surface area contributed by atoms with Gasteiger partial charge in [-0.05, 0) is 55.5 Å². The summed E-state index contributed by atoms with van der Waals surface area (Å²) < 4.78 is 1.03. The summed E-state index contributed by atoms with van der Waals surface area (Å²) in [5.74, 6) is 0.0635. The van der Waals surface area contributed by atoms with Crippen LogP contribution >= 0.6 is 15.9 Å². The third kappa shape index (κ3) is 2.40. The summed E-state index contributed by atoms with van der Waals surface area (Å²) in [6, 6.07) is 12.0. The summed E-state index contributed by atoms with van der Waals surface area (Å²) in [5.41, 5.74) is 2.40. The van der Waals surface area contributed by atoms with Crippen LogP contribution in [0.15, 0.2) is 47.1 Å². The number of nitrogens with zero attached hydrogens (tertiary/aromatic N) is 1. The molecule has 3 heteroatoms. The number of rotatable bonds is 2. The second kappa shape index (κ2) is 5.30. The Balaban J connectivity index is 2.02. The van der Waals surface area contributed by atoms with Gasteiger partial charge in [0.2, 0.25) is 0 Å². The maximum Gasteiger partial charge on any atom is 0.0951 e. The average Bonchev–Trinajstić information content (AvgIpc) is 2.47. The monoisotopic (exact) mass is 331 g/mol. The van der Waals surface area contributed by atoms with Crippen LogP contribution in [0.1, 0.15) is 42.5 Å². The topological polar surface area (TPSA) is 33.1 Å². The van der Waals surface area contributed by atoms with Crippen molar-refractivity contribution in [3.63, 3.8) is 0 Å². The van der Waals surface area contributed by atoms with E-state index < -0.39 is 5.60 Å². The van der Waals surface area contributed by atoms with E-state index in [-0.39, 0.29) is 5.92 Å². The molecule has 20 heavy (non-hydrogen) atoms. The van der Waals surface area contributed by atoms with Crippen molar-refractivity contribution in [1.29, 1.82) is 0 Å². The first-order chi connectivity index (χ1) is 9.59. The highest BCUT2D eigenvalue weighted by molar-refractivity contribution is 9.10. The predicted octanol–water partition coefficient (Wildman–Crippen LogP) is 4.17. The first-order valence-electron chi connectivity index (χ1n) is 7.01. The molecule has 0 amide bonds. The number of hydrogen-bond donors (Lipinski definition) is 1. The molecule has 0 saturated carbocycles. The van der Waals surface area contributed by atoms with Gasteiger partial charge in [-0.25, -0.2) is 0 Å². The van der Waals surface area contributed by atoms with Crippen molar-refractivity contribution < 1.29 is 5.11 Å². The van der Waals surface area contributed by atoms with Crippen LogP contribution in [0.2, 0.25) is 0 Å². The summed E-state index contributed by atoms with van der Waals surface area (Å²) in [6.45, 7) is 1.91. The zero-order valence-electron chi connectivity index (χ0n) is 11.5. The quantitative estimate of drug-likeness (QED) is 0.895. The maximum atomic E-state index is 11.1. The number of benzene rings is 1. The first-order valence-corrected chi connectivity index (χ1v) is 7.80. The standard InChI is InChI=1S/C17H18BrNO/c1-17(20,13-7-9-14(18)10-8-13)15-6-2-4-12-5-3-11-19-16(12)15/h3,5,7-11,15,20H,2,4,6H2,1H3. The van der Waals surface area contributed by atoms with Crippen molar-refractivity contribution >= 4 is 15.9 Å². The van der Waals surface area contributed by atoms with Gasteiger partial charge in [-0.3, -0.25) is 4.98 Å². The van der Waals surface area contributed by atoms with Gasteiger partial charge in [0.15, 0.2) is 0 Å². The molecule has 2 unspecified atom stereocenters. The minimum Gasteiger partial charge on any atom is -0.385 e. The Bertz CT molecular complexity index is 607. The predicted molar refractivity (Wildman–Crippen MR) is 83.6 cm³/mol. The third-order valence-corrected chi connectivity index (χ3v) is 4.83. The van der Waals surface area contributed by atoms with E-state index in [1.807, 2.05) is 43.5 Å². The number of hydrogen-bond acceptors (Lipinski definition) is 2. The molecule has 1 heterocycles. The maximum absolute atomic E-state index is 11.1. The van der Waals surface area contributed by atoms with Crippen molar-refractivity contribution in [3.05, 3.63) is 63.9 Å². The lowest BCUT2D eigenvalue weighted by Gasteiger charge is -2.36. The van der Waals surface area contributed by atoms with Crippen LogP contribution in [0.25, 0.3) is 0 Å². The zero-order chi connectivity index (χ0) is 14.2. The second-order valence-electron chi connectivity index (χ2n) is 5.65. The van der Waals surface area contributed by atoms with Crippen LogP contribution in [-0.4, -0.2) is 10.1 Å². The Morgan fingerprint density at radius 3 is 2.75 bits per heavy atom. The van der Waals surface area contributed by atoms with Crippen LogP contribution in [0.4, 0.5) is 0 Å². The number of halogens is 1. The molecule has 2 atom stereocenters. The molecular formula is C17H18BrNO. The molecule has 0 radical (unpaired) electrons. The van der Waals surface area contributed by atoms with Crippen molar-refractivity contribution in [1.82, 2.24) is 4.98 Å². The van der Waals surface area contributed by atoms with Crippen LogP contribution in [-0.2, 0) is 12.0 Å². The van der Waals surface area contributed by atoms with Crippen LogP contribution in [0.3, 0.4) is 0 Å². The van der Waals surface area contributed by atoms with Crippen molar-refractivity contribution in [2.75, 3.05) is 0 Å². The Morgan fingerprint density at radius 2 is 2.00 bits per heavy atom. The van der Waals surface area contributed by atoms with Crippen LogP contribution < -0.4 is 0 Å². The molecule has 3 rings (SSSR count). The van der Waals surface area contributed by atoms with Gasteiger partial charge in [0.1, 0.15) is 0 Å². The van der Waals surface area contributed by atoms with E-state index in [0.29, 0.717) is 0 Å². The lowest BCUT2D eigenvalue weighted by Crippen LogP contribution is -2.33. The summed E-state index contributed by atoms with van der Waals surface area (Å²) in [5, 5.41) is 11.1. The molecular weight excluding hydrogens is 314 g/mol. The average molecular weight is 332 g/mol. The number of aliphatic hydroxyl groups is 1. The molecule has 1 N–H and O–H groups in total. The molecule has 0 spiro atoms. The summed E-state index contributed by atoms with van der Waals surface area (Å²) in [6.07, 6.45) is 4.98. The van der Waals surface area contributed by atoms with Crippen molar-refractivity contribution in [2.24, 2.45) is 0 Å². The molecule has 2 aromatic rings. The van der Waals surface area contributed by atoms with E-state index in [4.69, 9.17) is 0 Å². The fourth-order valence-corrected chi connectivity index (χ4v) is 3.41. The van der Waals surface area contributed by atoms with Crippen molar-refractivity contribution in [2.45, 2.75) is 37.7 Å². The van der Waals surface area contributed by atoms with E-state index in [2.05, 4.69) is 27.0 Å².